The predicted octanol–water partition coefficient (Wildman–Crippen LogP) is -0.975. The Kier molecular flexibility index (Phi) is 1.42. The fourth-order valence-corrected chi connectivity index (χ4v) is 2.84. The van der Waals surface area contributed by atoms with Crippen molar-refractivity contribution in [2.24, 2.45) is 5.92 Å². The molecule has 0 spiro atoms. The number of rotatable bonds is 1. The van der Waals surface area contributed by atoms with E-state index in [9.17, 15) is 10.1 Å². The molecule has 0 amide bonds. The van der Waals surface area contributed by atoms with Gasteiger partial charge in [-0.3, -0.25) is 19.9 Å². The molecule has 3 atom stereocenters. The minimum absolute atomic E-state index is 0.120. The lowest BCUT2D eigenvalue weighted by molar-refractivity contribution is -0.577. The van der Waals surface area contributed by atoms with Crippen molar-refractivity contribution < 1.29 is 4.92 Å². The summed E-state index contributed by atoms with van der Waals surface area (Å²) in [6, 6.07) is 0. The normalized spacial score (nSPS) is 52.5. The molecule has 0 aliphatic carbocycles. The van der Waals surface area contributed by atoms with E-state index in [0.717, 1.165) is 33.1 Å². The highest BCUT2D eigenvalue weighted by Gasteiger charge is 2.51. The molecule has 4 rings (SSSR count). The van der Waals surface area contributed by atoms with E-state index < -0.39 is 6.17 Å². The van der Waals surface area contributed by atoms with Crippen molar-refractivity contribution in [2.75, 3.05) is 33.1 Å². The lowest BCUT2D eigenvalue weighted by Gasteiger charge is -2.55. The number of hydrogen-bond acceptors (Lipinski definition) is 5. The van der Waals surface area contributed by atoms with E-state index in [0.29, 0.717) is 0 Å². The molecule has 0 aromatic heterocycles. The third kappa shape index (κ3) is 0.993. The maximum absolute atomic E-state index is 10.8. The number of hydrogen-bond donors (Lipinski definition) is 0. The van der Waals surface area contributed by atoms with Crippen molar-refractivity contribution >= 4 is 0 Å². The molecule has 4 bridgehead atoms. The molecule has 0 aromatic carbocycles. The van der Waals surface area contributed by atoms with E-state index >= 15 is 0 Å². The molecule has 0 radical (unpaired) electrons. The first kappa shape index (κ1) is 7.66. The van der Waals surface area contributed by atoms with E-state index in [-0.39, 0.29) is 10.8 Å². The van der Waals surface area contributed by atoms with Gasteiger partial charge < -0.3 is 0 Å². The van der Waals surface area contributed by atoms with Gasteiger partial charge in [-0.15, -0.1) is 0 Å². The first-order valence-corrected chi connectivity index (χ1v) is 4.56. The Morgan fingerprint density at radius 3 is 2.23 bits per heavy atom. The monoisotopic (exact) mass is 184 g/mol. The van der Waals surface area contributed by atoms with E-state index in [1.54, 1.807) is 0 Å². The predicted molar refractivity (Wildman–Crippen MR) is 44.1 cm³/mol. The molecule has 6 nitrogen and oxygen atoms in total. The molecular weight excluding hydrogens is 172 g/mol. The summed E-state index contributed by atoms with van der Waals surface area (Å²) in [6.07, 6.45) is -0.423. The van der Waals surface area contributed by atoms with E-state index in [1.807, 2.05) is 4.90 Å². The van der Waals surface area contributed by atoms with Gasteiger partial charge in [0.25, 0.3) is 6.17 Å². The van der Waals surface area contributed by atoms with Gasteiger partial charge in [0.1, 0.15) is 0 Å². The quantitative estimate of drug-likeness (QED) is 0.387. The summed E-state index contributed by atoms with van der Waals surface area (Å²) in [5, 5.41) is 10.8. The van der Waals surface area contributed by atoms with Crippen LogP contribution in [0.25, 0.3) is 0 Å². The SMILES string of the molecule is O=[N+]([O-])C1C2CN3CN(C2)CN1C3. The average Bonchev–Trinajstić information content (AvgIpc) is 2.00. The van der Waals surface area contributed by atoms with Crippen LogP contribution in [0.15, 0.2) is 0 Å². The first-order valence-electron chi connectivity index (χ1n) is 4.56. The second-order valence-corrected chi connectivity index (χ2v) is 4.18. The van der Waals surface area contributed by atoms with Crippen LogP contribution in [0.1, 0.15) is 0 Å². The number of nitrogens with zero attached hydrogens (tertiary/aromatic N) is 4. The van der Waals surface area contributed by atoms with Crippen molar-refractivity contribution in [3.8, 4) is 0 Å². The summed E-state index contributed by atoms with van der Waals surface area (Å²) >= 11 is 0. The van der Waals surface area contributed by atoms with E-state index in [4.69, 9.17) is 0 Å². The summed E-state index contributed by atoms with van der Waals surface area (Å²) in [6.45, 7) is 4.35. The molecule has 4 saturated heterocycles. The van der Waals surface area contributed by atoms with E-state index in [2.05, 4.69) is 9.80 Å². The molecule has 4 heterocycles. The highest BCUT2D eigenvalue weighted by molar-refractivity contribution is 4.91. The maximum Gasteiger partial charge on any atom is 0.275 e. The lowest BCUT2D eigenvalue weighted by atomic mass is 9.97. The van der Waals surface area contributed by atoms with Crippen molar-refractivity contribution in [2.45, 2.75) is 6.17 Å². The molecule has 0 saturated carbocycles. The molecule has 4 aliphatic heterocycles. The van der Waals surface area contributed by atoms with Crippen LogP contribution in [0.5, 0.6) is 0 Å². The minimum Gasteiger partial charge on any atom is -0.277 e. The van der Waals surface area contributed by atoms with Gasteiger partial charge in [0, 0.05) is 18.0 Å². The third-order valence-corrected chi connectivity index (χ3v) is 3.16. The van der Waals surface area contributed by atoms with Crippen LogP contribution in [0, 0.1) is 16.0 Å². The zero-order valence-corrected chi connectivity index (χ0v) is 7.30. The Hall–Kier alpha value is -0.720. The summed E-state index contributed by atoms with van der Waals surface area (Å²) < 4.78 is 0. The van der Waals surface area contributed by atoms with Gasteiger partial charge in [-0.25, -0.2) is 4.90 Å². The fraction of sp³-hybridized carbons (Fsp3) is 1.00. The van der Waals surface area contributed by atoms with Crippen molar-refractivity contribution in [3.05, 3.63) is 10.1 Å². The highest BCUT2D eigenvalue weighted by atomic mass is 16.6. The molecule has 4 fully saturated rings. The van der Waals surface area contributed by atoms with Gasteiger partial charge in [-0.2, -0.15) is 0 Å². The Morgan fingerprint density at radius 1 is 1.15 bits per heavy atom. The van der Waals surface area contributed by atoms with Crippen LogP contribution < -0.4 is 0 Å². The molecule has 72 valence electrons. The molecule has 0 N–H and O–H groups in total. The summed E-state index contributed by atoms with van der Waals surface area (Å²) in [7, 11) is 0. The second-order valence-electron chi connectivity index (χ2n) is 4.18. The zero-order chi connectivity index (χ0) is 9.00. The molecule has 0 aromatic rings. The van der Waals surface area contributed by atoms with Gasteiger partial charge in [0.05, 0.1) is 25.9 Å². The van der Waals surface area contributed by atoms with Crippen molar-refractivity contribution in [3.63, 3.8) is 0 Å². The summed E-state index contributed by atoms with van der Waals surface area (Å²) in [5.41, 5.74) is 0. The van der Waals surface area contributed by atoms with Crippen LogP contribution in [-0.2, 0) is 0 Å². The van der Waals surface area contributed by atoms with Crippen LogP contribution in [0.4, 0.5) is 0 Å². The summed E-state index contributed by atoms with van der Waals surface area (Å²) in [5.74, 6) is 0.214. The minimum atomic E-state index is -0.423. The second kappa shape index (κ2) is 2.40. The Bertz CT molecular complexity index is 229. The first-order chi connectivity index (χ1) is 6.24. The fourth-order valence-electron chi connectivity index (χ4n) is 2.84. The summed E-state index contributed by atoms with van der Waals surface area (Å²) in [4.78, 5) is 17.2. The van der Waals surface area contributed by atoms with Crippen LogP contribution in [-0.4, -0.2) is 58.9 Å². The van der Waals surface area contributed by atoms with Gasteiger partial charge in [0.15, 0.2) is 0 Å². The Labute approximate surface area is 75.8 Å². The molecule has 4 aliphatic rings. The third-order valence-electron chi connectivity index (χ3n) is 3.16. The molecule has 3 unspecified atom stereocenters. The van der Waals surface area contributed by atoms with Gasteiger partial charge in [-0.1, -0.05) is 0 Å². The smallest absolute Gasteiger partial charge is 0.275 e. The average molecular weight is 184 g/mol. The lowest BCUT2D eigenvalue weighted by Crippen LogP contribution is -2.73. The van der Waals surface area contributed by atoms with Crippen molar-refractivity contribution in [1.29, 1.82) is 0 Å². The largest absolute Gasteiger partial charge is 0.277 e. The Balaban J connectivity index is 1.89. The molecule has 13 heavy (non-hydrogen) atoms. The standard InChI is InChI=1S/C7H12N4O2/c12-11(13)7-6-1-8-3-9(2-6)5-10(7)4-8/h6-7H,1-5H2. The Morgan fingerprint density at radius 2 is 1.77 bits per heavy atom. The van der Waals surface area contributed by atoms with Gasteiger partial charge in [-0.05, 0) is 0 Å². The zero-order valence-electron chi connectivity index (χ0n) is 7.30. The maximum atomic E-state index is 10.8. The van der Waals surface area contributed by atoms with E-state index in [1.165, 1.54) is 0 Å². The van der Waals surface area contributed by atoms with Gasteiger partial charge >= 0.3 is 0 Å². The van der Waals surface area contributed by atoms with Gasteiger partial charge in [0.2, 0.25) is 0 Å². The number of nitro groups is 1. The highest BCUT2D eigenvalue weighted by Crippen LogP contribution is 2.30. The molecular formula is C7H12N4O2. The van der Waals surface area contributed by atoms with Crippen LogP contribution >= 0.6 is 0 Å². The topological polar surface area (TPSA) is 52.9 Å². The van der Waals surface area contributed by atoms with Crippen LogP contribution in [0.2, 0.25) is 0 Å². The molecule has 6 heteroatoms. The van der Waals surface area contributed by atoms with Crippen molar-refractivity contribution in [1.82, 2.24) is 14.7 Å². The van der Waals surface area contributed by atoms with Crippen LogP contribution in [0.3, 0.4) is 0 Å².